The van der Waals surface area contributed by atoms with Crippen LogP contribution in [0.25, 0.3) is 11.0 Å². The summed E-state index contributed by atoms with van der Waals surface area (Å²) in [4.78, 5) is 39.2. The Morgan fingerprint density at radius 3 is 2.53 bits per heavy atom. The third-order valence-corrected chi connectivity index (χ3v) is 16.2. The molecule has 4 fully saturated rings. The third kappa shape index (κ3) is 9.36. The maximum Gasteiger partial charge on any atom is 0.293 e. The van der Waals surface area contributed by atoms with E-state index in [1.807, 2.05) is 18.0 Å². The number of allylic oxidation sites excluding steroid dienone is 1. The molecule has 2 saturated carbocycles. The number of piperidine rings is 1. The van der Waals surface area contributed by atoms with Crippen LogP contribution in [-0.2, 0) is 10.0 Å². The van der Waals surface area contributed by atoms with Gasteiger partial charge in [-0.25, -0.2) is 22.5 Å². The fraction of sp³-hybridized carbons (Fsp3) is 0.542. The number of amides is 1. The molecule has 9 rings (SSSR count). The van der Waals surface area contributed by atoms with Crippen molar-refractivity contribution in [3.63, 3.8) is 0 Å². The maximum atomic E-state index is 15.5. The molecule has 0 spiro atoms. The predicted octanol–water partition coefficient (Wildman–Crippen LogP) is 8.54. The molecule has 3 N–H and O–H groups in total. The Balaban J connectivity index is 0.917. The molecule has 0 radical (unpaired) electrons. The second-order valence-corrected chi connectivity index (χ2v) is 21.5. The van der Waals surface area contributed by atoms with E-state index in [4.69, 9.17) is 4.74 Å². The summed E-state index contributed by atoms with van der Waals surface area (Å²) in [6.07, 6.45) is 11.5. The molecule has 2 saturated heterocycles. The van der Waals surface area contributed by atoms with Gasteiger partial charge in [-0.3, -0.25) is 19.8 Å². The van der Waals surface area contributed by atoms with Crippen molar-refractivity contribution in [2.24, 2.45) is 29.1 Å². The van der Waals surface area contributed by atoms with E-state index in [1.54, 1.807) is 41.6 Å². The van der Waals surface area contributed by atoms with Crippen LogP contribution in [0, 0.1) is 39.2 Å². The summed E-state index contributed by atoms with van der Waals surface area (Å²) in [5, 5.41) is 15.8. The first kappa shape index (κ1) is 44.2. The largest absolute Gasteiger partial charge is 0.455 e. The molecule has 16 heteroatoms. The van der Waals surface area contributed by atoms with Crippen molar-refractivity contribution in [2.45, 2.75) is 82.7 Å². The smallest absolute Gasteiger partial charge is 0.293 e. The van der Waals surface area contributed by atoms with Crippen molar-refractivity contribution in [1.29, 1.82) is 0 Å². The molecule has 4 heterocycles. The number of pyridine rings is 1. The highest BCUT2D eigenvalue weighted by Gasteiger charge is 2.55. The molecule has 14 nitrogen and oxygen atoms in total. The van der Waals surface area contributed by atoms with E-state index in [0.29, 0.717) is 29.9 Å². The fourth-order valence-electron chi connectivity index (χ4n) is 10.9. The number of anilines is 2. The second kappa shape index (κ2) is 17.4. The number of nitrogens with one attached hydrogen (secondary N) is 3. The van der Waals surface area contributed by atoms with Crippen LogP contribution in [0.2, 0.25) is 0 Å². The summed E-state index contributed by atoms with van der Waals surface area (Å²) in [5.74, 6) is 2.99. The Bertz CT molecular complexity index is 2560. The van der Waals surface area contributed by atoms with Crippen LogP contribution in [0.4, 0.5) is 21.5 Å². The molecule has 342 valence electrons. The van der Waals surface area contributed by atoms with Gasteiger partial charge in [0.15, 0.2) is 0 Å². The number of nitro benzene ring substituents is 1. The van der Waals surface area contributed by atoms with Gasteiger partial charge in [0.2, 0.25) is 0 Å². The van der Waals surface area contributed by atoms with Gasteiger partial charge < -0.3 is 24.8 Å². The molecule has 1 amide bonds. The van der Waals surface area contributed by atoms with Gasteiger partial charge in [-0.15, -0.1) is 0 Å². The molecule has 0 bridgehead atoms. The van der Waals surface area contributed by atoms with Crippen molar-refractivity contribution in [2.75, 3.05) is 69.6 Å². The van der Waals surface area contributed by atoms with Gasteiger partial charge in [-0.1, -0.05) is 38.3 Å². The Morgan fingerprint density at radius 2 is 1.80 bits per heavy atom. The number of hydrogen-bond acceptors (Lipinski definition) is 11. The number of ether oxygens (including phenoxy) is 1. The number of benzene rings is 2. The van der Waals surface area contributed by atoms with Crippen LogP contribution in [-0.4, -0.2) is 104 Å². The predicted molar refractivity (Wildman–Crippen MR) is 246 cm³/mol. The van der Waals surface area contributed by atoms with E-state index in [2.05, 4.69) is 50.6 Å². The van der Waals surface area contributed by atoms with E-state index in [0.717, 1.165) is 79.6 Å². The zero-order valence-electron chi connectivity index (χ0n) is 37.4. The molecule has 2 aromatic heterocycles. The second-order valence-electron chi connectivity index (χ2n) is 19.9. The first-order valence-electron chi connectivity index (χ1n) is 23.0. The summed E-state index contributed by atoms with van der Waals surface area (Å²) in [6, 6.07) is 12.0. The van der Waals surface area contributed by atoms with E-state index in [9.17, 15) is 23.3 Å². The maximum absolute atomic E-state index is 15.5. The highest BCUT2D eigenvalue weighted by Crippen LogP contribution is 2.63. The summed E-state index contributed by atoms with van der Waals surface area (Å²) in [6.45, 7) is 12.5. The van der Waals surface area contributed by atoms with Gasteiger partial charge in [-0.2, -0.15) is 0 Å². The SMILES string of the molecule is CC[C@H]1C[C@@H](C2=C(CN3CCN(c4ccc(C(=O)NS(=O)(=O)c5ccc(NCC6(F)CCN(C)CC6)c([N+](=O)[O-])c5)c(Oc5cnc6[nH]ccc6c5)c4)CC3)CCC(C)(C)C2)C2CC21. The number of carbonyl (C=O) groups is 1. The number of nitrogens with zero attached hydrogens (tertiary/aromatic N) is 5. The van der Waals surface area contributed by atoms with Gasteiger partial charge in [0.05, 0.1) is 21.6 Å². The number of rotatable bonds is 14. The number of likely N-dealkylation sites (tertiary alicyclic amines) is 1. The zero-order chi connectivity index (χ0) is 45.0. The number of aromatic nitrogens is 2. The summed E-state index contributed by atoms with van der Waals surface area (Å²) in [7, 11) is -2.71. The van der Waals surface area contributed by atoms with E-state index < -0.39 is 37.1 Å². The van der Waals surface area contributed by atoms with Crippen LogP contribution in [0.15, 0.2) is 77.0 Å². The number of H-pyrrole nitrogens is 1. The molecule has 4 aromatic rings. The number of aromatic amines is 1. The standard InChI is InChI=1S/C48H61FN8O6S/c1-5-31-23-39(40-26-38(31)40)41-27-47(2,3)12-10-33(41)29-55-18-20-56(21-19-55)34-6-8-37(44(24-34)63-35-22-32-11-15-50-45(32)51-28-35)46(58)53-64(61,62)36-7-9-42(43(25-36)57(59)60)52-30-48(49)13-16-54(4)17-14-48/h6-9,11,15,22,24-25,28,31,38-40,52H,5,10,12-14,16-21,23,26-27,29-30H2,1-4H3,(H,50,51)(H,53,58)/t31-,38?,39+,40?/m0/s1. The third-order valence-electron chi connectivity index (χ3n) is 14.9. The minimum atomic E-state index is -4.62. The van der Waals surface area contributed by atoms with Crippen LogP contribution >= 0.6 is 0 Å². The lowest BCUT2D eigenvalue weighted by Crippen LogP contribution is -2.47. The van der Waals surface area contributed by atoms with E-state index in [-0.39, 0.29) is 36.4 Å². The van der Waals surface area contributed by atoms with Gasteiger partial charge >= 0.3 is 0 Å². The normalized spacial score (nSPS) is 24.7. The number of nitro groups is 1. The van der Waals surface area contributed by atoms with Crippen molar-refractivity contribution in [1.82, 2.24) is 24.5 Å². The molecule has 4 atom stereocenters. The number of fused-ring (bicyclic) bond motifs is 2. The zero-order valence-corrected chi connectivity index (χ0v) is 38.2. The monoisotopic (exact) mass is 896 g/mol. The van der Waals surface area contributed by atoms with Gasteiger partial charge in [0, 0.05) is 81.8 Å². The summed E-state index contributed by atoms with van der Waals surface area (Å²) in [5.41, 5.74) is 3.11. The van der Waals surface area contributed by atoms with Crippen molar-refractivity contribution < 1.29 is 27.3 Å². The number of hydrogen-bond donors (Lipinski definition) is 3. The summed E-state index contributed by atoms with van der Waals surface area (Å²) < 4.78 is 51.4. The number of halogens is 1. The van der Waals surface area contributed by atoms with Gasteiger partial charge in [-0.05, 0) is 117 Å². The molecule has 64 heavy (non-hydrogen) atoms. The Hall–Kier alpha value is -5.06. The number of carbonyl (C=O) groups excluding carboxylic acids is 1. The topological polar surface area (TPSA) is 166 Å². The lowest BCUT2D eigenvalue weighted by molar-refractivity contribution is -0.384. The Labute approximate surface area is 375 Å². The Morgan fingerprint density at radius 1 is 1.02 bits per heavy atom. The molecule has 5 aliphatic rings. The number of alkyl halides is 1. The molecule has 2 unspecified atom stereocenters. The fourth-order valence-corrected chi connectivity index (χ4v) is 11.9. The molecule has 3 aliphatic carbocycles. The number of piperazine rings is 1. The highest BCUT2D eigenvalue weighted by atomic mass is 32.2. The molecular formula is C48H61FN8O6S. The Kier molecular flexibility index (Phi) is 12.0. The van der Waals surface area contributed by atoms with Gasteiger partial charge in [0.25, 0.3) is 21.6 Å². The molecule has 2 aromatic carbocycles. The van der Waals surface area contributed by atoms with Gasteiger partial charge in [0.1, 0.15) is 28.5 Å². The van der Waals surface area contributed by atoms with E-state index in [1.165, 1.54) is 50.8 Å². The number of sulfonamides is 1. The van der Waals surface area contributed by atoms with Crippen molar-refractivity contribution >= 4 is 44.0 Å². The van der Waals surface area contributed by atoms with Crippen LogP contribution in [0.1, 0.15) is 82.5 Å². The van der Waals surface area contributed by atoms with Crippen molar-refractivity contribution in [3.8, 4) is 11.5 Å². The van der Waals surface area contributed by atoms with Crippen LogP contribution in [0.5, 0.6) is 11.5 Å². The first-order chi connectivity index (χ1) is 30.6. The lowest BCUT2D eigenvalue weighted by atomic mass is 9.69. The minimum absolute atomic E-state index is 0.0170. The average molecular weight is 897 g/mol. The summed E-state index contributed by atoms with van der Waals surface area (Å²) >= 11 is 0. The van der Waals surface area contributed by atoms with E-state index >= 15 is 4.39 Å². The minimum Gasteiger partial charge on any atom is -0.455 e. The van der Waals surface area contributed by atoms with Crippen LogP contribution < -0.4 is 19.7 Å². The lowest BCUT2D eigenvalue weighted by Gasteiger charge is -2.40. The average Bonchev–Trinajstić information content (AvgIpc) is 3.76. The molecular weight excluding hydrogens is 836 g/mol. The first-order valence-corrected chi connectivity index (χ1v) is 24.5. The highest BCUT2D eigenvalue weighted by molar-refractivity contribution is 7.90. The molecule has 2 aliphatic heterocycles. The van der Waals surface area contributed by atoms with Crippen LogP contribution in [0.3, 0.4) is 0 Å². The quantitative estimate of drug-likeness (QED) is 0.0631. The van der Waals surface area contributed by atoms with Crippen molar-refractivity contribution in [3.05, 3.63) is 87.7 Å².